The van der Waals surface area contributed by atoms with Gasteiger partial charge in [0.2, 0.25) is 0 Å². The Balaban J connectivity index is 1.58. The van der Waals surface area contributed by atoms with Gasteiger partial charge < -0.3 is 9.47 Å². The fourth-order valence-corrected chi connectivity index (χ4v) is 3.97. The van der Waals surface area contributed by atoms with Crippen molar-refractivity contribution in [2.24, 2.45) is 5.92 Å². The van der Waals surface area contributed by atoms with Crippen LogP contribution in [0.5, 0.6) is 0 Å². The predicted octanol–water partition coefficient (Wildman–Crippen LogP) is 5.95. The van der Waals surface area contributed by atoms with E-state index in [1.165, 1.54) is 18.2 Å². The maximum Gasteiger partial charge on any atom is 0.186 e. The lowest BCUT2D eigenvalue weighted by Crippen LogP contribution is -2.26. The van der Waals surface area contributed by atoms with E-state index in [1.807, 2.05) is 19.1 Å². The van der Waals surface area contributed by atoms with Crippen molar-refractivity contribution in [2.45, 2.75) is 19.5 Å². The second-order valence-electron chi connectivity index (χ2n) is 7.95. The van der Waals surface area contributed by atoms with Gasteiger partial charge in [-0.15, -0.1) is 0 Å². The monoisotopic (exact) mass is 454 g/mol. The molecule has 2 nitrogen and oxygen atoms in total. The first kappa shape index (κ1) is 23.3. The van der Waals surface area contributed by atoms with Crippen LogP contribution in [0.4, 0.5) is 17.6 Å². The minimum atomic E-state index is -1.03. The molecule has 33 heavy (non-hydrogen) atoms. The number of benzene rings is 3. The lowest BCUT2D eigenvalue weighted by atomic mass is 9.93. The lowest BCUT2D eigenvalue weighted by Gasteiger charge is -2.28. The zero-order valence-corrected chi connectivity index (χ0v) is 18.4. The molecule has 1 heterocycles. The molecular formula is C26H23BF4O2. The summed E-state index contributed by atoms with van der Waals surface area (Å²) in [7, 11) is 1.75. The van der Waals surface area contributed by atoms with E-state index >= 15 is 0 Å². The van der Waals surface area contributed by atoms with Crippen molar-refractivity contribution >= 4 is 7.85 Å². The van der Waals surface area contributed by atoms with Gasteiger partial charge in [-0.2, -0.15) is 0 Å². The fourth-order valence-electron chi connectivity index (χ4n) is 3.97. The molecule has 1 saturated heterocycles. The summed E-state index contributed by atoms with van der Waals surface area (Å²) in [5, 5.41) is 0. The molecule has 0 atom stereocenters. The highest BCUT2D eigenvalue weighted by atomic mass is 19.2. The van der Waals surface area contributed by atoms with Crippen LogP contribution in [0.1, 0.15) is 24.3 Å². The number of hydrogen-bond donors (Lipinski definition) is 0. The highest BCUT2D eigenvalue weighted by Crippen LogP contribution is 2.34. The predicted molar refractivity (Wildman–Crippen MR) is 122 cm³/mol. The van der Waals surface area contributed by atoms with Crippen molar-refractivity contribution < 1.29 is 27.0 Å². The number of halogens is 4. The zero-order chi connectivity index (χ0) is 23.5. The van der Waals surface area contributed by atoms with E-state index < -0.39 is 29.6 Å². The lowest BCUT2D eigenvalue weighted by molar-refractivity contribution is -0.199. The highest BCUT2D eigenvalue weighted by molar-refractivity contribution is 6.08. The molecule has 1 aliphatic rings. The summed E-state index contributed by atoms with van der Waals surface area (Å²) in [5.41, 5.74) is 1.31. The third-order valence-electron chi connectivity index (χ3n) is 5.80. The molecule has 0 aliphatic carbocycles. The summed E-state index contributed by atoms with van der Waals surface area (Å²) in [4.78, 5) is 0. The summed E-state index contributed by atoms with van der Waals surface area (Å²) >= 11 is 0. The van der Waals surface area contributed by atoms with Crippen molar-refractivity contribution in [3.63, 3.8) is 0 Å². The Bertz CT molecular complexity index is 1170. The van der Waals surface area contributed by atoms with Crippen LogP contribution in [0.25, 0.3) is 22.3 Å². The van der Waals surface area contributed by atoms with Crippen LogP contribution in [0.3, 0.4) is 0 Å². The topological polar surface area (TPSA) is 18.5 Å². The van der Waals surface area contributed by atoms with Gasteiger partial charge in [0.05, 0.1) is 13.2 Å². The van der Waals surface area contributed by atoms with Crippen LogP contribution >= 0.6 is 0 Å². The molecule has 0 bridgehead atoms. The molecule has 4 rings (SSSR count). The molecule has 0 aromatic heterocycles. The van der Waals surface area contributed by atoms with Gasteiger partial charge in [0, 0.05) is 22.6 Å². The van der Waals surface area contributed by atoms with Gasteiger partial charge in [-0.3, -0.25) is 0 Å². The third kappa shape index (κ3) is 4.61. The van der Waals surface area contributed by atoms with Gasteiger partial charge in [-0.1, -0.05) is 67.0 Å². The average Bonchev–Trinajstić information content (AvgIpc) is 2.84. The van der Waals surface area contributed by atoms with E-state index in [4.69, 9.17) is 9.47 Å². The van der Waals surface area contributed by atoms with Crippen molar-refractivity contribution in [3.8, 4) is 22.3 Å². The van der Waals surface area contributed by atoms with Gasteiger partial charge in [-0.25, -0.2) is 17.6 Å². The molecule has 0 unspecified atom stereocenters. The Morgan fingerprint density at radius 1 is 0.788 bits per heavy atom. The molecule has 0 saturated carbocycles. The van der Waals surface area contributed by atoms with Gasteiger partial charge in [0.25, 0.3) is 0 Å². The van der Waals surface area contributed by atoms with Crippen LogP contribution in [0.2, 0.25) is 0 Å². The quantitative estimate of drug-likeness (QED) is 0.270. The first-order valence-electron chi connectivity index (χ1n) is 10.9. The molecule has 3 aromatic rings. The van der Waals surface area contributed by atoms with Gasteiger partial charge in [0.15, 0.2) is 29.6 Å². The Kier molecular flexibility index (Phi) is 7.01. The Morgan fingerprint density at radius 3 is 1.88 bits per heavy atom. The van der Waals surface area contributed by atoms with Crippen LogP contribution < -0.4 is 0 Å². The first-order chi connectivity index (χ1) is 15.9. The van der Waals surface area contributed by atoms with E-state index in [2.05, 4.69) is 0 Å². The normalized spacial score (nSPS) is 18.7. The molecule has 0 spiro atoms. The van der Waals surface area contributed by atoms with E-state index in [1.54, 1.807) is 38.2 Å². The number of rotatable bonds is 5. The summed E-state index contributed by atoms with van der Waals surface area (Å²) in [6.07, 6.45) is 3.25. The third-order valence-corrected chi connectivity index (χ3v) is 5.80. The number of allylic oxidation sites excluding steroid dienone is 1. The smallest absolute Gasteiger partial charge is 0.186 e. The van der Waals surface area contributed by atoms with Crippen LogP contribution in [-0.4, -0.2) is 21.1 Å². The van der Waals surface area contributed by atoms with Crippen molar-refractivity contribution in [1.82, 2.24) is 0 Å². The molecule has 170 valence electrons. The maximum atomic E-state index is 14.9. The maximum absolute atomic E-state index is 14.9. The van der Waals surface area contributed by atoms with E-state index in [-0.39, 0.29) is 22.6 Å². The molecule has 0 N–H and O–H groups in total. The van der Waals surface area contributed by atoms with Gasteiger partial charge >= 0.3 is 0 Å². The Morgan fingerprint density at radius 2 is 1.33 bits per heavy atom. The summed E-state index contributed by atoms with van der Waals surface area (Å²) in [6.45, 7) is 2.61. The van der Waals surface area contributed by atoms with Crippen LogP contribution in [0, 0.1) is 29.2 Å². The number of ether oxygens (including phenoxy) is 2. The van der Waals surface area contributed by atoms with Crippen LogP contribution in [-0.2, 0) is 15.8 Å². The second-order valence-corrected chi connectivity index (χ2v) is 7.95. The minimum Gasteiger partial charge on any atom is -0.348 e. The van der Waals surface area contributed by atoms with Gasteiger partial charge in [0.1, 0.15) is 7.85 Å². The van der Waals surface area contributed by atoms with Crippen molar-refractivity contribution in [1.29, 1.82) is 0 Å². The first-order valence-corrected chi connectivity index (χ1v) is 10.9. The summed E-state index contributed by atoms with van der Waals surface area (Å²) in [5.74, 6) is -3.77. The summed E-state index contributed by atoms with van der Waals surface area (Å²) < 4.78 is 69.5. The fraction of sp³-hybridized carbons (Fsp3) is 0.231. The molecule has 1 fully saturated rings. The minimum absolute atomic E-state index is 0.000332. The molecule has 0 radical (unpaired) electrons. The SMILES string of the molecule is BCc1ccc(-c2ccc(-c3ccc(C4OCC(/C=C/C)CO4)c(F)c3F)cc2)c(F)c1F. The second kappa shape index (κ2) is 9.93. The van der Waals surface area contributed by atoms with E-state index in [9.17, 15) is 17.6 Å². The Labute approximate surface area is 191 Å². The molecular weight excluding hydrogens is 431 g/mol. The Hall–Kier alpha value is -2.90. The molecule has 7 heteroatoms. The average molecular weight is 454 g/mol. The van der Waals surface area contributed by atoms with Crippen molar-refractivity contribution in [3.05, 3.63) is 95.1 Å². The zero-order valence-electron chi connectivity index (χ0n) is 18.4. The summed E-state index contributed by atoms with van der Waals surface area (Å²) in [6, 6.07) is 12.2. The number of hydrogen-bond acceptors (Lipinski definition) is 2. The standard InChI is InChI=1S/C26H23BF4O2/c1-2-3-15-13-32-26(33-14-15)21-11-10-20(24(30)25(21)31)17-6-4-16(5-7-17)19-9-8-18(12-27)22(28)23(19)29/h2-11,15,26H,12-14,27H2,1H3/b3-2+. The van der Waals surface area contributed by atoms with Crippen LogP contribution in [0.15, 0.2) is 60.7 Å². The largest absolute Gasteiger partial charge is 0.348 e. The molecule has 3 aromatic carbocycles. The van der Waals surface area contributed by atoms with E-state index in [0.29, 0.717) is 36.2 Å². The molecule has 0 amide bonds. The van der Waals surface area contributed by atoms with Gasteiger partial charge in [-0.05, 0) is 23.6 Å². The van der Waals surface area contributed by atoms with E-state index in [0.717, 1.165) is 0 Å². The van der Waals surface area contributed by atoms with Crippen molar-refractivity contribution in [2.75, 3.05) is 13.2 Å². The molecule has 1 aliphatic heterocycles. The highest BCUT2D eigenvalue weighted by Gasteiger charge is 2.27.